The first kappa shape index (κ1) is 12.4. The van der Waals surface area contributed by atoms with Crippen LogP contribution in [0.5, 0.6) is 0 Å². The summed E-state index contributed by atoms with van der Waals surface area (Å²) < 4.78 is 5.95. The number of hydrogen-bond donors (Lipinski definition) is 1. The third-order valence-electron chi connectivity index (χ3n) is 3.20. The SMILES string of the molecule is Cc1cc(C)c(C(N)c2ccoc2Br)cc1C. The van der Waals surface area contributed by atoms with Crippen molar-refractivity contribution in [2.75, 3.05) is 0 Å². The van der Waals surface area contributed by atoms with E-state index in [1.807, 2.05) is 6.07 Å². The molecule has 0 radical (unpaired) electrons. The monoisotopic (exact) mass is 293 g/mol. The molecule has 1 heterocycles. The van der Waals surface area contributed by atoms with Gasteiger partial charge in [0.1, 0.15) is 0 Å². The van der Waals surface area contributed by atoms with E-state index in [0.29, 0.717) is 4.67 Å². The molecule has 1 aromatic carbocycles. The smallest absolute Gasteiger partial charge is 0.174 e. The van der Waals surface area contributed by atoms with Crippen molar-refractivity contribution < 1.29 is 4.42 Å². The molecule has 0 fully saturated rings. The number of furan rings is 1. The standard InChI is InChI=1S/C14H16BrNO/c1-8-6-10(3)12(7-9(8)2)13(16)11-4-5-17-14(11)15/h4-7,13H,16H2,1-3H3. The van der Waals surface area contributed by atoms with E-state index >= 15 is 0 Å². The highest BCUT2D eigenvalue weighted by Gasteiger charge is 2.16. The minimum absolute atomic E-state index is 0.151. The summed E-state index contributed by atoms with van der Waals surface area (Å²) in [6.07, 6.45) is 1.65. The Morgan fingerprint density at radius 1 is 1.06 bits per heavy atom. The molecule has 2 nitrogen and oxygen atoms in total. The van der Waals surface area contributed by atoms with Crippen LogP contribution < -0.4 is 5.73 Å². The van der Waals surface area contributed by atoms with Crippen molar-refractivity contribution in [3.8, 4) is 0 Å². The third-order valence-corrected chi connectivity index (χ3v) is 3.84. The highest BCUT2D eigenvalue weighted by Crippen LogP contribution is 2.30. The Hall–Kier alpha value is -1.06. The van der Waals surface area contributed by atoms with Crippen LogP contribution >= 0.6 is 15.9 Å². The molecule has 0 amide bonds. The Morgan fingerprint density at radius 3 is 2.29 bits per heavy atom. The van der Waals surface area contributed by atoms with Crippen LogP contribution in [0.3, 0.4) is 0 Å². The molecule has 1 unspecified atom stereocenters. The summed E-state index contributed by atoms with van der Waals surface area (Å²) in [5, 5.41) is 0. The Kier molecular flexibility index (Phi) is 3.40. The van der Waals surface area contributed by atoms with Crippen LogP contribution in [0.25, 0.3) is 0 Å². The molecule has 2 rings (SSSR count). The third kappa shape index (κ3) is 2.31. The van der Waals surface area contributed by atoms with Gasteiger partial charge in [0.25, 0.3) is 0 Å². The van der Waals surface area contributed by atoms with E-state index in [2.05, 4.69) is 48.8 Å². The minimum atomic E-state index is -0.151. The zero-order valence-electron chi connectivity index (χ0n) is 10.3. The predicted octanol–water partition coefficient (Wildman–Crippen LogP) is 4.02. The summed E-state index contributed by atoms with van der Waals surface area (Å²) >= 11 is 3.38. The molecule has 0 saturated carbocycles. The summed E-state index contributed by atoms with van der Waals surface area (Å²) in [6, 6.07) is 6.10. The molecular formula is C14H16BrNO. The van der Waals surface area contributed by atoms with E-state index < -0.39 is 0 Å². The number of halogens is 1. The van der Waals surface area contributed by atoms with Crippen molar-refractivity contribution >= 4 is 15.9 Å². The zero-order chi connectivity index (χ0) is 12.6. The van der Waals surface area contributed by atoms with Gasteiger partial charge in [-0.2, -0.15) is 0 Å². The zero-order valence-corrected chi connectivity index (χ0v) is 11.8. The van der Waals surface area contributed by atoms with Gasteiger partial charge in [-0.05, 0) is 65.0 Å². The molecule has 0 aliphatic rings. The topological polar surface area (TPSA) is 39.2 Å². The number of hydrogen-bond acceptors (Lipinski definition) is 2. The van der Waals surface area contributed by atoms with Crippen LogP contribution in [0.1, 0.15) is 33.9 Å². The predicted molar refractivity (Wildman–Crippen MR) is 73.1 cm³/mol. The first-order valence-corrected chi connectivity index (χ1v) is 6.36. The lowest BCUT2D eigenvalue weighted by molar-refractivity contribution is 0.534. The Morgan fingerprint density at radius 2 is 1.71 bits per heavy atom. The first-order chi connectivity index (χ1) is 8.00. The highest BCUT2D eigenvalue weighted by atomic mass is 79.9. The molecule has 90 valence electrons. The van der Waals surface area contributed by atoms with Crippen LogP contribution in [0, 0.1) is 20.8 Å². The molecule has 17 heavy (non-hydrogen) atoms. The second kappa shape index (κ2) is 4.67. The van der Waals surface area contributed by atoms with E-state index in [4.69, 9.17) is 10.2 Å². The van der Waals surface area contributed by atoms with E-state index in [9.17, 15) is 0 Å². The van der Waals surface area contributed by atoms with Crippen LogP contribution in [-0.2, 0) is 0 Å². The van der Waals surface area contributed by atoms with Gasteiger partial charge in [0.2, 0.25) is 0 Å². The second-order valence-electron chi connectivity index (χ2n) is 4.42. The Bertz CT molecular complexity index is 545. The fourth-order valence-electron chi connectivity index (χ4n) is 2.01. The lowest BCUT2D eigenvalue weighted by Crippen LogP contribution is -2.13. The Labute approximate surface area is 110 Å². The molecule has 0 saturated heterocycles. The molecule has 0 aliphatic carbocycles. The molecule has 3 heteroatoms. The first-order valence-electron chi connectivity index (χ1n) is 5.57. The summed E-state index contributed by atoms with van der Waals surface area (Å²) in [7, 11) is 0. The van der Waals surface area contributed by atoms with Crippen molar-refractivity contribution in [2.24, 2.45) is 5.73 Å². The molecule has 1 atom stereocenters. The fourth-order valence-corrected chi connectivity index (χ4v) is 2.50. The van der Waals surface area contributed by atoms with Crippen molar-refractivity contribution in [2.45, 2.75) is 26.8 Å². The number of nitrogens with two attached hydrogens (primary N) is 1. The summed E-state index contributed by atoms with van der Waals surface area (Å²) in [6.45, 7) is 6.32. The maximum atomic E-state index is 6.29. The van der Waals surface area contributed by atoms with E-state index in [1.54, 1.807) is 6.26 Å². The lowest BCUT2D eigenvalue weighted by atomic mass is 9.93. The van der Waals surface area contributed by atoms with Gasteiger partial charge in [-0.15, -0.1) is 0 Å². The normalized spacial score (nSPS) is 12.8. The maximum absolute atomic E-state index is 6.29. The largest absolute Gasteiger partial charge is 0.457 e. The van der Waals surface area contributed by atoms with Crippen molar-refractivity contribution in [1.29, 1.82) is 0 Å². The van der Waals surface area contributed by atoms with Crippen molar-refractivity contribution in [3.05, 3.63) is 56.9 Å². The minimum Gasteiger partial charge on any atom is -0.457 e. The maximum Gasteiger partial charge on any atom is 0.174 e. The average Bonchev–Trinajstić information content (AvgIpc) is 2.69. The molecular weight excluding hydrogens is 278 g/mol. The second-order valence-corrected chi connectivity index (χ2v) is 5.14. The molecule has 1 aromatic heterocycles. The fraction of sp³-hybridized carbons (Fsp3) is 0.286. The van der Waals surface area contributed by atoms with Gasteiger partial charge in [-0.1, -0.05) is 12.1 Å². The van der Waals surface area contributed by atoms with E-state index in [-0.39, 0.29) is 6.04 Å². The van der Waals surface area contributed by atoms with Gasteiger partial charge in [0, 0.05) is 5.56 Å². The van der Waals surface area contributed by atoms with Gasteiger partial charge in [0.15, 0.2) is 4.67 Å². The van der Waals surface area contributed by atoms with Crippen LogP contribution in [0.15, 0.2) is 33.5 Å². The van der Waals surface area contributed by atoms with Gasteiger partial charge in [-0.3, -0.25) is 0 Å². The number of aryl methyl sites for hydroxylation is 3. The molecule has 2 N–H and O–H groups in total. The average molecular weight is 294 g/mol. The van der Waals surface area contributed by atoms with Gasteiger partial charge in [0.05, 0.1) is 12.3 Å². The quantitative estimate of drug-likeness (QED) is 0.908. The molecule has 2 aromatic rings. The van der Waals surface area contributed by atoms with E-state index in [0.717, 1.165) is 11.1 Å². The molecule has 0 spiro atoms. The van der Waals surface area contributed by atoms with Crippen molar-refractivity contribution in [1.82, 2.24) is 0 Å². The number of rotatable bonds is 2. The van der Waals surface area contributed by atoms with Crippen LogP contribution in [0.4, 0.5) is 0 Å². The summed E-state index contributed by atoms with van der Waals surface area (Å²) in [4.78, 5) is 0. The molecule has 0 aliphatic heterocycles. The van der Waals surface area contributed by atoms with Crippen LogP contribution in [0.2, 0.25) is 0 Å². The van der Waals surface area contributed by atoms with E-state index in [1.165, 1.54) is 16.7 Å². The highest BCUT2D eigenvalue weighted by molar-refractivity contribution is 9.10. The summed E-state index contributed by atoms with van der Waals surface area (Å²) in [5.41, 5.74) is 12.2. The summed E-state index contributed by atoms with van der Waals surface area (Å²) in [5.74, 6) is 0. The van der Waals surface area contributed by atoms with Gasteiger partial charge in [-0.25, -0.2) is 0 Å². The Balaban J connectivity index is 2.48. The number of benzene rings is 1. The van der Waals surface area contributed by atoms with Crippen LogP contribution in [-0.4, -0.2) is 0 Å². The molecule has 0 bridgehead atoms. The van der Waals surface area contributed by atoms with Crippen molar-refractivity contribution in [3.63, 3.8) is 0 Å². The lowest BCUT2D eigenvalue weighted by Gasteiger charge is -2.16. The van der Waals surface area contributed by atoms with Gasteiger partial charge >= 0.3 is 0 Å². The van der Waals surface area contributed by atoms with Gasteiger partial charge < -0.3 is 10.2 Å².